The lowest BCUT2D eigenvalue weighted by molar-refractivity contribution is -0.119. The number of ether oxygens (including phenoxy) is 1. The highest BCUT2D eigenvalue weighted by molar-refractivity contribution is 5.74. The van der Waals surface area contributed by atoms with E-state index in [1.165, 1.54) is 7.11 Å². The van der Waals surface area contributed by atoms with Gasteiger partial charge in [0.05, 0.1) is 6.42 Å². The van der Waals surface area contributed by atoms with E-state index in [0.717, 1.165) is 5.69 Å². The summed E-state index contributed by atoms with van der Waals surface area (Å²) in [5.41, 5.74) is 5.97. The highest BCUT2D eigenvalue weighted by Gasteiger charge is 2.09. The van der Waals surface area contributed by atoms with Gasteiger partial charge < -0.3 is 15.8 Å². The smallest absolute Gasteiger partial charge is 0.221 e. The molecule has 0 fully saturated rings. The minimum Gasteiger partial charge on any atom is -0.370 e. The maximum absolute atomic E-state index is 10.7. The van der Waals surface area contributed by atoms with Gasteiger partial charge in [-0.3, -0.25) is 4.79 Å². The summed E-state index contributed by atoms with van der Waals surface area (Å²) in [5.74, 6) is -0.389. The number of amides is 1. The molecule has 0 spiro atoms. The Hall–Kier alpha value is -1.55. The second-order valence-electron chi connectivity index (χ2n) is 2.91. The molecule has 1 aromatic rings. The molecule has 4 heteroatoms. The van der Waals surface area contributed by atoms with Crippen molar-refractivity contribution >= 4 is 11.6 Å². The lowest BCUT2D eigenvalue weighted by Crippen LogP contribution is -2.28. The Balaban J connectivity index is 2.53. The zero-order valence-corrected chi connectivity index (χ0v) is 8.07. The van der Waals surface area contributed by atoms with Crippen LogP contribution in [0.25, 0.3) is 0 Å². The molecule has 0 aromatic heterocycles. The van der Waals surface area contributed by atoms with Crippen LogP contribution >= 0.6 is 0 Å². The molecule has 0 radical (unpaired) electrons. The van der Waals surface area contributed by atoms with Crippen LogP contribution in [0.15, 0.2) is 30.3 Å². The Kier molecular flexibility index (Phi) is 3.94. The number of carbonyl (C=O) groups is 1. The van der Waals surface area contributed by atoms with Crippen molar-refractivity contribution in [3.05, 3.63) is 30.3 Å². The number of nitrogens with two attached hydrogens (primary N) is 1. The molecule has 1 atom stereocenters. The molecule has 0 saturated heterocycles. The van der Waals surface area contributed by atoms with Gasteiger partial charge in [0, 0.05) is 12.8 Å². The van der Waals surface area contributed by atoms with Crippen molar-refractivity contribution in [1.29, 1.82) is 0 Å². The number of anilines is 1. The second kappa shape index (κ2) is 5.24. The quantitative estimate of drug-likeness (QED) is 0.686. The normalized spacial score (nSPS) is 12.1. The predicted molar refractivity (Wildman–Crippen MR) is 54.7 cm³/mol. The lowest BCUT2D eigenvalue weighted by atomic mass is 10.3. The van der Waals surface area contributed by atoms with E-state index in [2.05, 4.69) is 5.32 Å². The summed E-state index contributed by atoms with van der Waals surface area (Å²) in [6.07, 6.45) is -0.208. The van der Waals surface area contributed by atoms with Crippen LogP contribution < -0.4 is 11.1 Å². The molecule has 1 rings (SSSR count). The van der Waals surface area contributed by atoms with Gasteiger partial charge in [-0.2, -0.15) is 0 Å². The molecule has 0 bridgehead atoms. The van der Waals surface area contributed by atoms with E-state index in [1.807, 2.05) is 30.3 Å². The summed E-state index contributed by atoms with van der Waals surface area (Å²) in [7, 11) is 1.53. The number of hydrogen-bond donors (Lipinski definition) is 2. The Morgan fingerprint density at radius 1 is 1.50 bits per heavy atom. The third kappa shape index (κ3) is 3.45. The van der Waals surface area contributed by atoms with E-state index in [9.17, 15) is 4.79 Å². The average Bonchev–Trinajstić information content (AvgIpc) is 2.17. The highest BCUT2D eigenvalue weighted by atomic mass is 16.5. The summed E-state index contributed by atoms with van der Waals surface area (Å²) in [6, 6.07) is 9.51. The van der Waals surface area contributed by atoms with Gasteiger partial charge in [-0.1, -0.05) is 18.2 Å². The zero-order chi connectivity index (χ0) is 10.4. The van der Waals surface area contributed by atoms with Gasteiger partial charge in [0.15, 0.2) is 0 Å². The molecule has 76 valence electrons. The molecule has 1 amide bonds. The fraction of sp³-hybridized carbons (Fsp3) is 0.300. The van der Waals surface area contributed by atoms with Crippen LogP contribution in [0.3, 0.4) is 0 Å². The number of rotatable bonds is 5. The first-order valence-corrected chi connectivity index (χ1v) is 4.35. The fourth-order valence-electron chi connectivity index (χ4n) is 1.10. The molecule has 3 N–H and O–H groups in total. The first-order chi connectivity index (χ1) is 6.72. The van der Waals surface area contributed by atoms with Gasteiger partial charge in [-0.25, -0.2) is 0 Å². The van der Waals surface area contributed by atoms with Crippen molar-refractivity contribution in [3.63, 3.8) is 0 Å². The largest absolute Gasteiger partial charge is 0.370 e. The maximum atomic E-state index is 10.7. The first-order valence-electron chi connectivity index (χ1n) is 4.35. The number of hydrogen-bond acceptors (Lipinski definition) is 3. The monoisotopic (exact) mass is 194 g/mol. The molecule has 0 aliphatic carbocycles. The van der Waals surface area contributed by atoms with E-state index in [-0.39, 0.29) is 18.6 Å². The molecular weight excluding hydrogens is 180 g/mol. The van der Waals surface area contributed by atoms with Gasteiger partial charge >= 0.3 is 0 Å². The van der Waals surface area contributed by atoms with Crippen LogP contribution in [0.5, 0.6) is 0 Å². The standard InChI is InChI=1S/C10H14N2O2/c1-14-10(7-9(11)13)12-8-5-3-2-4-6-8/h2-6,10,12H,7H2,1H3,(H2,11,13). The summed E-state index contributed by atoms with van der Waals surface area (Å²) in [4.78, 5) is 10.7. The number of carbonyl (C=O) groups excluding carboxylic acids is 1. The van der Waals surface area contributed by atoms with Crippen molar-refractivity contribution in [2.75, 3.05) is 12.4 Å². The number of methoxy groups -OCH3 is 1. The van der Waals surface area contributed by atoms with Gasteiger partial charge in [-0.15, -0.1) is 0 Å². The summed E-state index contributed by atoms with van der Waals surface area (Å²) in [5, 5.41) is 3.04. The molecular formula is C10H14N2O2. The summed E-state index contributed by atoms with van der Waals surface area (Å²) in [6.45, 7) is 0. The van der Waals surface area contributed by atoms with Crippen molar-refractivity contribution in [2.45, 2.75) is 12.6 Å². The Morgan fingerprint density at radius 2 is 2.14 bits per heavy atom. The highest BCUT2D eigenvalue weighted by Crippen LogP contribution is 2.08. The lowest BCUT2D eigenvalue weighted by Gasteiger charge is -2.16. The molecule has 0 heterocycles. The SMILES string of the molecule is COC(CC(N)=O)Nc1ccccc1. The van der Waals surface area contributed by atoms with Crippen LogP contribution in [-0.4, -0.2) is 19.2 Å². The van der Waals surface area contributed by atoms with Gasteiger partial charge in [0.25, 0.3) is 0 Å². The topological polar surface area (TPSA) is 64.3 Å². The molecule has 1 unspecified atom stereocenters. The molecule has 0 aliphatic heterocycles. The van der Waals surface area contributed by atoms with Crippen LogP contribution in [-0.2, 0) is 9.53 Å². The van der Waals surface area contributed by atoms with E-state index < -0.39 is 0 Å². The minimum atomic E-state index is -0.389. The summed E-state index contributed by atoms with van der Waals surface area (Å²) < 4.78 is 5.05. The second-order valence-corrected chi connectivity index (χ2v) is 2.91. The van der Waals surface area contributed by atoms with Crippen molar-refractivity contribution in [2.24, 2.45) is 5.73 Å². The van der Waals surface area contributed by atoms with Gasteiger partial charge in [-0.05, 0) is 12.1 Å². The predicted octanol–water partition coefficient (Wildman–Crippen LogP) is 0.946. The van der Waals surface area contributed by atoms with Gasteiger partial charge in [0.2, 0.25) is 5.91 Å². The first kappa shape index (κ1) is 10.5. The Bertz CT molecular complexity index is 287. The number of para-hydroxylation sites is 1. The fourth-order valence-corrected chi connectivity index (χ4v) is 1.10. The molecule has 4 nitrogen and oxygen atoms in total. The van der Waals surface area contributed by atoms with Crippen molar-refractivity contribution < 1.29 is 9.53 Å². The van der Waals surface area contributed by atoms with Crippen LogP contribution in [0.2, 0.25) is 0 Å². The molecule has 1 aromatic carbocycles. The summed E-state index contributed by atoms with van der Waals surface area (Å²) >= 11 is 0. The van der Waals surface area contributed by atoms with E-state index in [4.69, 9.17) is 10.5 Å². The maximum Gasteiger partial charge on any atom is 0.221 e. The third-order valence-corrected chi connectivity index (χ3v) is 1.77. The number of nitrogens with one attached hydrogen (secondary N) is 1. The van der Waals surface area contributed by atoms with Crippen LogP contribution in [0, 0.1) is 0 Å². The zero-order valence-electron chi connectivity index (χ0n) is 8.07. The van der Waals surface area contributed by atoms with Crippen LogP contribution in [0.1, 0.15) is 6.42 Å². The molecule has 14 heavy (non-hydrogen) atoms. The van der Waals surface area contributed by atoms with Gasteiger partial charge in [0.1, 0.15) is 6.23 Å². The van der Waals surface area contributed by atoms with E-state index >= 15 is 0 Å². The minimum absolute atomic E-state index is 0.158. The van der Waals surface area contributed by atoms with E-state index in [0.29, 0.717) is 0 Å². The van der Waals surface area contributed by atoms with Crippen molar-refractivity contribution in [3.8, 4) is 0 Å². The molecule has 0 saturated carbocycles. The van der Waals surface area contributed by atoms with Crippen LogP contribution in [0.4, 0.5) is 5.69 Å². The Morgan fingerprint density at radius 3 is 2.64 bits per heavy atom. The number of primary amides is 1. The average molecular weight is 194 g/mol. The third-order valence-electron chi connectivity index (χ3n) is 1.77. The van der Waals surface area contributed by atoms with E-state index in [1.54, 1.807) is 0 Å². The Labute approximate surface area is 83.1 Å². The number of benzene rings is 1. The molecule has 0 aliphatic rings. The van der Waals surface area contributed by atoms with Crippen molar-refractivity contribution in [1.82, 2.24) is 0 Å².